The van der Waals surface area contributed by atoms with Crippen LogP contribution in [0.4, 0.5) is 0 Å². The highest BCUT2D eigenvalue weighted by Gasteiger charge is 2.20. The summed E-state index contributed by atoms with van der Waals surface area (Å²) >= 11 is 0. The Balaban J connectivity index is 2.06. The van der Waals surface area contributed by atoms with Crippen molar-refractivity contribution in [1.82, 2.24) is 5.09 Å². The van der Waals surface area contributed by atoms with E-state index >= 15 is 0 Å². The van der Waals surface area contributed by atoms with Gasteiger partial charge in [0, 0.05) is 6.04 Å². The Morgan fingerprint density at radius 2 is 1.59 bits per heavy atom. The number of hydrogen-bond acceptors (Lipinski definition) is 2. The number of aliphatic hydroxyl groups is 1. The lowest BCUT2D eigenvalue weighted by atomic mass is 10.0. The number of aliphatic hydroxyl groups excluding tert-OH is 1. The van der Waals surface area contributed by atoms with Crippen LogP contribution in [0.25, 0.3) is 0 Å². The molecule has 0 amide bonds. The predicted molar refractivity (Wildman–Crippen MR) is 96.8 cm³/mol. The first-order valence-electron chi connectivity index (χ1n) is 8.04. The van der Waals surface area contributed by atoms with Crippen molar-refractivity contribution in [3.8, 4) is 0 Å². The van der Waals surface area contributed by atoms with E-state index in [2.05, 4.69) is 49.3 Å². The molecule has 0 aliphatic rings. The lowest BCUT2D eigenvalue weighted by Gasteiger charge is -2.27. The zero-order valence-electron chi connectivity index (χ0n) is 13.4. The van der Waals surface area contributed by atoms with Gasteiger partial charge in [-0.3, -0.25) is 5.09 Å². The quantitative estimate of drug-likeness (QED) is 0.715. The minimum Gasteiger partial charge on any atom is -0.387 e. The average Bonchev–Trinajstić information content (AvgIpc) is 2.59. The summed E-state index contributed by atoms with van der Waals surface area (Å²) in [5.41, 5.74) is 0.973. The van der Waals surface area contributed by atoms with Gasteiger partial charge in [-0.1, -0.05) is 74.0 Å². The van der Waals surface area contributed by atoms with Crippen LogP contribution in [0.15, 0.2) is 60.7 Å². The van der Waals surface area contributed by atoms with E-state index in [0.717, 1.165) is 11.7 Å². The van der Waals surface area contributed by atoms with E-state index in [1.54, 1.807) is 0 Å². The molecule has 2 nitrogen and oxygen atoms in total. The van der Waals surface area contributed by atoms with Gasteiger partial charge in [0.05, 0.1) is 6.10 Å². The van der Waals surface area contributed by atoms with Crippen LogP contribution in [0.5, 0.6) is 0 Å². The predicted octanol–water partition coefficient (Wildman–Crippen LogP) is 4.22. The smallest absolute Gasteiger partial charge is 0.0943 e. The molecule has 2 aromatic rings. The van der Waals surface area contributed by atoms with Crippen molar-refractivity contribution in [3.63, 3.8) is 0 Å². The van der Waals surface area contributed by atoms with Crippen LogP contribution in [-0.4, -0.2) is 17.3 Å². The second kappa shape index (κ2) is 9.05. The van der Waals surface area contributed by atoms with Gasteiger partial charge in [0.15, 0.2) is 0 Å². The fraction of sp³-hybridized carbons (Fsp3) is 0.368. The normalized spacial score (nSPS) is 15.2. The number of unbranched alkanes of at least 4 members (excludes halogenated alkanes) is 1. The standard InChI is InChI=1S/C19H26NOP/c1-3-4-15-22(18-13-9-6-10-14-18)20-16(2)19(21)17-11-7-5-8-12-17/h5-14,16,19-21H,3-4,15H2,1-2H3. The topological polar surface area (TPSA) is 32.3 Å². The highest BCUT2D eigenvalue weighted by atomic mass is 31.1. The SMILES string of the molecule is CCCCP(NC(C)C(O)c1ccccc1)c1ccccc1. The monoisotopic (exact) mass is 315 g/mol. The summed E-state index contributed by atoms with van der Waals surface area (Å²) in [5.74, 6) is 0. The van der Waals surface area contributed by atoms with Crippen LogP contribution in [0.2, 0.25) is 0 Å². The third kappa shape index (κ3) is 4.91. The maximum absolute atomic E-state index is 10.6. The summed E-state index contributed by atoms with van der Waals surface area (Å²) < 4.78 is 0. The van der Waals surface area contributed by atoms with Gasteiger partial charge in [-0.2, -0.15) is 0 Å². The molecule has 0 aliphatic heterocycles. The van der Waals surface area contributed by atoms with E-state index < -0.39 is 14.2 Å². The molecule has 2 N–H and O–H groups in total. The summed E-state index contributed by atoms with van der Waals surface area (Å²) in [6, 6.07) is 20.6. The van der Waals surface area contributed by atoms with Crippen LogP contribution in [0, 0.1) is 0 Å². The van der Waals surface area contributed by atoms with E-state index in [0.29, 0.717) is 0 Å². The van der Waals surface area contributed by atoms with Crippen molar-refractivity contribution in [2.45, 2.75) is 38.8 Å². The van der Waals surface area contributed by atoms with Crippen molar-refractivity contribution in [1.29, 1.82) is 0 Å². The largest absolute Gasteiger partial charge is 0.387 e. The van der Waals surface area contributed by atoms with Gasteiger partial charge < -0.3 is 5.11 Å². The van der Waals surface area contributed by atoms with Crippen molar-refractivity contribution in [2.24, 2.45) is 0 Å². The molecule has 3 heteroatoms. The van der Waals surface area contributed by atoms with Gasteiger partial charge in [-0.05, 0) is 38.4 Å². The molecular weight excluding hydrogens is 289 g/mol. The lowest BCUT2D eigenvalue weighted by Crippen LogP contribution is -2.32. The average molecular weight is 315 g/mol. The first-order valence-corrected chi connectivity index (χ1v) is 9.57. The van der Waals surface area contributed by atoms with Crippen LogP contribution in [0.1, 0.15) is 38.4 Å². The van der Waals surface area contributed by atoms with Crippen LogP contribution >= 0.6 is 8.07 Å². The first-order chi connectivity index (χ1) is 10.7. The highest BCUT2D eigenvalue weighted by molar-refractivity contribution is 7.63. The summed E-state index contributed by atoms with van der Waals surface area (Å²) in [6.45, 7) is 4.29. The number of nitrogens with one attached hydrogen (secondary N) is 1. The molecule has 0 bridgehead atoms. The second-order valence-electron chi connectivity index (χ2n) is 5.61. The molecule has 0 heterocycles. The molecule has 118 valence electrons. The summed E-state index contributed by atoms with van der Waals surface area (Å²) in [6.07, 6.45) is 3.09. The molecule has 0 fully saturated rings. The first kappa shape index (κ1) is 17.1. The number of rotatable bonds is 8. The van der Waals surface area contributed by atoms with Gasteiger partial charge >= 0.3 is 0 Å². The second-order valence-corrected chi connectivity index (χ2v) is 7.69. The summed E-state index contributed by atoms with van der Waals surface area (Å²) in [5, 5.41) is 15.6. The minimum atomic E-state index is -0.475. The van der Waals surface area contributed by atoms with Gasteiger partial charge in [0.2, 0.25) is 0 Å². The van der Waals surface area contributed by atoms with Crippen molar-refractivity contribution in [2.75, 3.05) is 6.16 Å². The summed E-state index contributed by atoms with van der Waals surface area (Å²) in [7, 11) is -0.434. The Morgan fingerprint density at radius 1 is 1.00 bits per heavy atom. The molecule has 0 aliphatic carbocycles. The Kier molecular flexibility index (Phi) is 7.05. The zero-order chi connectivity index (χ0) is 15.8. The fourth-order valence-electron chi connectivity index (χ4n) is 2.45. The van der Waals surface area contributed by atoms with Gasteiger partial charge in [0.1, 0.15) is 0 Å². The Hall–Kier alpha value is -1.21. The lowest BCUT2D eigenvalue weighted by molar-refractivity contribution is 0.147. The van der Waals surface area contributed by atoms with E-state index in [9.17, 15) is 5.11 Å². The van der Waals surface area contributed by atoms with Crippen LogP contribution in [0.3, 0.4) is 0 Å². The molecule has 3 unspecified atom stereocenters. The minimum absolute atomic E-state index is 0.0329. The van der Waals surface area contributed by atoms with Crippen LogP contribution in [-0.2, 0) is 0 Å². The molecule has 2 aromatic carbocycles. The number of hydrogen-bond donors (Lipinski definition) is 2. The van der Waals surface area contributed by atoms with E-state index in [1.807, 2.05) is 30.3 Å². The summed E-state index contributed by atoms with van der Waals surface area (Å²) in [4.78, 5) is 0. The van der Waals surface area contributed by atoms with Gasteiger partial charge in [-0.15, -0.1) is 0 Å². The molecule has 0 spiro atoms. The molecule has 0 saturated heterocycles. The third-order valence-electron chi connectivity index (χ3n) is 3.78. The van der Waals surface area contributed by atoms with Crippen LogP contribution < -0.4 is 10.4 Å². The zero-order valence-corrected chi connectivity index (χ0v) is 14.3. The van der Waals surface area contributed by atoms with Crippen molar-refractivity contribution >= 4 is 13.4 Å². The number of benzene rings is 2. The third-order valence-corrected chi connectivity index (χ3v) is 6.18. The molecular formula is C19H26NOP. The molecule has 0 radical (unpaired) electrons. The van der Waals surface area contributed by atoms with E-state index in [-0.39, 0.29) is 6.04 Å². The van der Waals surface area contributed by atoms with Gasteiger partial charge in [-0.25, -0.2) is 0 Å². The highest BCUT2D eigenvalue weighted by Crippen LogP contribution is 2.33. The Bertz CT molecular complexity index is 532. The van der Waals surface area contributed by atoms with E-state index in [1.165, 1.54) is 18.1 Å². The maximum atomic E-state index is 10.6. The molecule has 0 aromatic heterocycles. The van der Waals surface area contributed by atoms with Gasteiger partial charge in [0.25, 0.3) is 0 Å². The van der Waals surface area contributed by atoms with Crippen molar-refractivity contribution < 1.29 is 5.11 Å². The van der Waals surface area contributed by atoms with Crippen molar-refractivity contribution in [3.05, 3.63) is 66.2 Å². The molecule has 22 heavy (non-hydrogen) atoms. The molecule has 0 saturated carbocycles. The maximum Gasteiger partial charge on any atom is 0.0943 e. The Labute approximate surface area is 135 Å². The molecule has 2 rings (SSSR count). The fourth-order valence-corrected chi connectivity index (χ4v) is 4.78. The molecule has 3 atom stereocenters. The van der Waals surface area contributed by atoms with E-state index in [4.69, 9.17) is 0 Å². The Morgan fingerprint density at radius 3 is 2.18 bits per heavy atom.